The van der Waals surface area contributed by atoms with Crippen molar-refractivity contribution in [3.63, 3.8) is 0 Å². The molecule has 0 aromatic heterocycles. The molecule has 0 radical (unpaired) electrons. The highest BCUT2D eigenvalue weighted by Crippen LogP contribution is 2.32. The van der Waals surface area contributed by atoms with Crippen LogP contribution in [0.25, 0.3) is 6.08 Å². The second kappa shape index (κ2) is 7.22. The number of fused-ring (bicyclic) bond motifs is 1. The monoisotopic (exact) mass is 369 g/mol. The number of aryl methyl sites for hydroxylation is 1. The van der Waals surface area contributed by atoms with Crippen molar-refractivity contribution in [2.45, 2.75) is 12.8 Å². The van der Waals surface area contributed by atoms with Gasteiger partial charge in [-0.25, -0.2) is 9.79 Å². The third kappa shape index (κ3) is 3.73. The quantitative estimate of drug-likeness (QED) is 0.603. The molecule has 6 heteroatoms. The molecule has 2 aromatic rings. The van der Waals surface area contributed by atoms with Gasteiger partial charge in [-0.05, 0) is 47.9 Å². The maximum Gasteiger partial charge on any atom is 0.363 e. The van der Waals surface area contributed by atoms with E-state index in [0.29, 0.717) is 48.5 Å². The van der Waals surface area contributed by atoms with E-state index in [1.54, 1.807) is 6.08 Å². The molecule has 0 atom stereocenters. The first kappa shape index (κ1) is 16.7. The van der Waals surface area contributed by atoms with Gasteiger partial charge >= 0.3 is 5.97 Å². The zero-order chi connectivity index (χ0) is 17.9. The van der Waals surface area contributed by atoms with Gasteiger partial charge in [0.1, 0.15) is 13.2 Å². The fourth-order valence-corrected chi connectivity index (χ4v) is 3.02. The van der Waals surface area contributed by atoms with Gasteiger partial charge in [0.15, 0.2) is 23.1 Å². The molecule has 2 aromatic carbocycles. The molecule has 2 heterocycles. The molecule has 26 heavy (non-hydrogen) atoms. The van der Waals surface area contributed by atoms with Crippen molar-refractivity contribution in [1.82, 2.24) is 0 Å². The molecule has 2 aliphatic rings. The molecule has 0 fully saturated rings. The highest BCUT2D eigenvalue weighted by atomic mass is 35.5. The van der Waals surface area contributed by atoms with Crippen molar-refractivity contribution >= 4 is 29.5 Å². The number of rotatable bonds is 4. The van der Waals surface area contributed by atoms with E-state index in [4.69, 9.17) is 25.8 Å². The Morgan fingerprint density at radius 3 is 2.73 bits per heavy atom. The van der Waals surface area contributed by atoms with Gasteiger partial charge in [-0.3, -0.25) is 0 Å². The van der Waals surface area contributed by atoms with Gasteiger partial charge < -0.3 is 14.2 Å². The van der Waals surface area contributed by atoms with Gasteiger partial charge in [-0.1, -0.05) is 29.8 Å². The third-order valence-corrected chi connectivity index (χ3v) is 4.29. The van der Waals surface area contributed by atoms with Crippen LogP contribution < -0.4 is 9.47 Å². The Balaban J connectivity index is 1.48. The molecule has 0 N–H and O–H groups in total. The number of carbonyl (C=O) groups is 1. The summed E-state index contributed by atoms with van der Waals surface area (Å²) in [5.74, 6) is 1.35. The number of hydrogen-bond acceptors (Lipinski definition) is 5. The van der Waals surface area contributed by atoms with E-state index in [2.05, 4.69) is 4.99 Å². The lowest BCUT2D eigenvalue weighted by atomic mass is 10.1. The van der Waals surface area contributed by atoms with E-state index in [1.165, 1.54) is 0 Å². The summed E-state index contributed by atoms with van der Waals surface area (Å²) in [5.41, 5.74) is 2.16. The predicted octanol–water partition coefficient (Wildman–Crippen LogP) is 4.04. The SMILES string of the molecule is O=C1OC(CCc2cccc(Cl)c2)=N/C1=C/c1ccc2c(c1)OCCO2. The molecule has 132 valence electrons. The fraction of sp³-hybridized carbons (Fsp3) is 0.200. The van der Waals surface area contributed by atoms with Crippen LogP contribution in [0.2, 0.25) is 5.02 Å². The Hall–Kier alpha value is -2.79. The van der Waals surface area contributed by atoms with Crippen molar-refractivity contribution in [1.29, 1.82) is 0 Å². The number of cyclic esters (lactones) is 1. The number of esters is 1. The molecular weight excluding hydrogens is 354 g/mol. The molecule has 0 spiro atoms. The van der Waals surface area contributed by atoms with Crippen molar-refractivity contribution < 1.29 is 19.0 Å². The van der Waals surface area contributed by atoms with Crippen LogP contribution in [0.1, 0.15) is 17.5 Å². The number of aliphatic imine (C=N–C) groups is 1. The Kier molecular flexibility index (Phi) is 4.63. The van der Waals surface area contributed by atoms with E-state index in [-0.39, 0.29) is 5.70 Å². The molecule has 0 bridgehead atoms. The number of nitrogens with zero attached hydrogens (tertiary/aromatic N) is 1. The van der Waals surface area contributed by atoms with Crippen LogP contribution in [0.3, 0.4) is 0 Å². The minimum atomic E-state index is -0.444. The Morgan fingerprint density at radius 2 is 1.88 bits per heavy atom. The van der Waals surface area contributed by atoms with Gasteiger partial charge in [0.2, 0.25) is 0 Å². The summed E-state index contributed by atoms with van der Waals surface area (Å²) in [4.78, 5) is 16.4. The van der Waals surface area contributed by atoms with Crippen LogP contribution in [-0.2, 0) is 16.0 Å². The molecule has 2 aliphatic heterocycles. The Labute approximate surface area is 155 Å². The van der Waals surface area contributed by atoms with E-state index in [1.807, 2.05) is 42.5 Å². The number of hydrogen-bond donors (Lipinski definition) is 0. The van der Waals surface area contributed by atoms with Crippen LogP contribution in [-0.4, -0.2) is 25.1 Å². The number of benzene rings is 2. The average molecular weight is 370 g/mol. The largest absolute Gasteiger partial charge is 0.486 e. The zero-order valence-corrected chi connectivity index (χ0v) is 14.7. The maximum atomic E-state index is 12.1. The van der Waals surface area contributed by atoms with Gasteiger partial charge in [0.25, 0.3) is 0 Å². The summed E-state index contributed by atoms with van der Waals surface area (Å²) >= 11 is 5.98. The summed E-state index contributed by atoms with van der Waals surface area (Å²) in [6.45, 7) is 1.06. The highest BCUT2D eigenvalue weighted by molar-refractivity contribution is 6.30. The third-order valence-electron chi connectivity index (χ3n) is 4.05. The molecule has 4 rings (SSSR count). The van der Waals surface area contributed by atoms with Crippen molar-refractivity contribution in [2.75, 3.05) is 13.2 Å². The molecule has 0 unspecified atom stereocenters. The van der Waals surface area contributed by atoms with Crippen LogP contribution in [0.15, 0.2) is 53.2 Å². The van der Waals surface area contributed by atoms with Gasteiger partial charge in [-0.2, -0.15) is 0 Å². The molecule has 0 saturated carbocycles. The smallest absolute Gasteiger partial charge is 0.363 e. The first-order chi connectivity index (χ1) is 12.7. The van der Waals surface area contributed by atoms with E-state index >= 15 is 0 Å². The lowest BCUT2D eigenvalue weighted by molar-refractivity contribution is -0.130. The second-order valence-corrected chi connectivity index (χ2v) is 6.39. The number of ether oxygens (including phenoxy) is 3. The lowest BCUT2D eigenvalue weighted by Gasteiger charge is -2.18. The minimum Gasteiger partial charge on any atom is -0.486 e. The number of carbonyl (C=O) groups excluding carboxylic acids is 1. The van der Waals surface area contributed by atoms with E-state index in [0.717, 1.165) is 11.1 Å². The van der Waals surface area contributed by atoms with Crippen molar-refractivity contribution in [3.8, 4) is 11.5 Å². The van der Waals surface area contributed by atoms with Crippen molar-refractivity contribution in [2.24, 2.45) is 4.99 Å². The summed E-state index contributed by atoms with van der Waals surface area (Å²) < 4.78 is 16.3. The maximum absolute atomic E-state index is 12.1. The first-order valence-corrected chi connectivity index (χ1v) is 8.71. The van der Waals surface area contributed by atoms with Crippen molar-refractivity contribution in [3.05, 3.63) is 64.3 Å². The highest BCUT2D eigenvalue weighted by Gasteiger charge is 2.23. The van der Waals surface area contributed by atoms with Crippen LogP contribution >= 0.6 is 11.6 Å². The summed E-state index contributed by atoms with van der Waals surface area (Å²) in [6.07, 6.45) is 2.92. The molecule has 0 aliphatic carbocycles. The molecular formula is C20H16ClNO4. The standard InChI is InChI=1S/C20H16ClNO4/c21-15-3-1-2-13(10-15)5-7-19-22-16(20(23)26-19)11-14-4-6-17-18(12-14)25-9-8-24-17/h1-4,6,10-12H,5,7-9H2/b16-11+. The summed E-state index contributed by atoms with van der Waals surface area (Å²) in [6, 6.07) is 13.1. The Morgan fingerprint density at radius 1 is 1.04 bits per heavy atom. The van der Waals surface area contributed by atoms with Crippen LogP contribution in [0.5, 0.6) is 11.5 Å². The van der Waals surface area contributed by atoms with Crippen LogP contribution in [0.4, 0.5) is 0 Å². The number of halogens is 1. The molecule has 0 amide bonds. The predicted molar refractivity (Wildman–Crippen MR) is 98.7 cm³/mol. The van der Waals surface area contributed by atoms with Gasteiger partial charge in [0.05, 0.1) is 0 Å². The second-order valence-electron chi connectivity index (χ2n) is 5.96. The van der Waals surface area contributed by atoms with Crippen LogP contribution in [0, 0.1) is 0 Å². The average Bonchev–Trinajstić information content (AvgIpc) is 2.99. The van der Waals surface area contributed by atoms with E-state index in [9.17, 15) is 4.79 Å². The van der Waals surface area contributed by atoms with Gasteiger partial charge in [0, 0.05) is 11.4 Å². The Bertz CT molecular complexity index is 920. The normalized spacial score (nSPS) is 17.2. The van der Waals surface area contributed by atoms with Gasteiger partial charge in [-0.15, -0.1) is 0 Å². The molecule has 0 saturated heterocycles. The fourth-order valence-electron chi connectivity index (χ4n) is 2.81. The topological polar surface area (TPSA) is 57.1 Å². The molecule has 5 nitrogen and oxygen atoms in total. The van der Waals surface area contributed by atoms with E-state index < -0.39 is 5.97 Å². The lowest BCUT2D eigenvalue weighted by Crippen LogP contribution is -2.15. The summed E-state index contributed by atoms with van der Waals surface area (Å²) in [7, 11) is 0. The summed E-state index contributed by atoms with van der Waals surface area (Å²) in [5, 5.41) is 0.687. The minimum absolute atomic E-state index is 0.280. The first-order valence-electron chi connectivity index (χ1n) is 8.33. The zero-order valence-electron chi connectivity index (χ0n) is 13.9.